The molecule has 10 heteroatoms. The second-order valence-corrected chi connectivity index (χ2v) is 11.1. The van der Waals surface area contributed by atoms with Crippen LogP contribution in [0.1, 0.15) is 48.0 Å². The predicted octanol–water partition coefficient (Wildman–Crippen LogP) is 2.12. The molecule has 2 aliphatic rings. The van der Waals surface area contributed by atoms with Gasteiger partial charge in [0.05, 0.1) is 24.7 Å². The average molecular weight is 506 g/mol. The predicted molar refractivity (Wildman–Crippen MR) is 135 cm³/mol. The van der Waals surface area contributed by atoms with E-state index in [0.29, 0.717) is 25.3 Å². The summed E-state index contributed by atoms with van der Waals surface area (Å²) in [5, 5.41) is 8.77. The largest absolute Gasteiger partial charge is 0.486 e. The van der Waals surface area contributed by atoms with Gasteiger partial charge < -0.3 is 30.5 Å². The Hall–Kier alpha value is -2.88. The van der Waals surface area contributed by atoms with Crippen molar-refractivity contribution in [3.05, 3.63) is 30.1 Å². The number of amides is 4. The van der Waals surface area contributed by atoms with E-state index in [4.69, 9.17) is 4.74 Å². The molecule has 1 aromatic carbocycles. The van der Waals surface area contributed by atoms with Crippen molar-refractivity contribution in [2.75, 3.05) is 20.1 Å². The minimum Gasteiger partial charge on any atom is -0.486 e. The lowest BCUT2D eigenvalue weighted by Crippen LogP contribution is -2.59. The fourth-order valence-corrected chi connectivity index (χ4v) is 4.85. The maximum atomic E-state index is 13.9. The molecule has 0 aliphatic carbocycles. The Bertz CT molecular complexity index is 949. The van der Waals surface area contributed by atoms with Crippen LogP contribution in [0.2, 0.25) is 0 Å². The van der Waals surface area contributed by atoms with Crippen LogP contribution in [-0.4, -0.2) is 84.1 Å². The molecule has 0 aromatic heterocycles. The first-order valence-electron chi connectivity index (χ1n) is 12.6. The minimum atomic E-state index is -0.760. The average Bonchev–Trinajstić information content (AvgIpc) is 3.38. The van der Waals surface area contributed by atoms with Crippen LogP contribution in [0.4, 0.5) is 9.18 Å². The van der Waals surface area contributed by atoms with Crippen LogP contribution < -0.4 is 20.7 Å². The molecule has 0 unspecified atom stereocenters. The number of nitrogens with zero attached hydrogens (tertiary/aromatic N) is 2. The van der Waals surface area contributed by atoms with Crippen LogP contribution in [0.3, 0.4) is 0 Å². The summed E-state index contributed by atoms with van der Waals surface area (Å²) in [6.45, 7) is 12.0. The summed E-state index contributed by atoms with van der Waals surface area (Å²) in [4.78, 5) is 43.1. The third-order valence-electron chi connectivity index (χ3n) is 6.86. The number of halogens is 1. The van der Waals surface area contributed by atoms with Crippen molar-refractivity contribution >= 4 is 17.8 Å². The lowest BCUT2D eigenvalue weighted by Gasteiger charge is -2.37. The quantitative estimate of drug-likeness (QED) is 0.527. The summed E-state index contributed by atoms with van der Waals surface area (Å²) in [5.74, 6) is -0.369. The van der Waals surface area contributed by atoms with Gasteiger partial charge in [-0.1, -0.05) is 20.8 Å². The Morgan fingerprint density at radius 1 is 1.06 bits per heavy atom. The number of likely N-dealkylation sites (N-methyl/N-ethyl adjacent to an activating group) is 1. The van der Waals surface area contributed by atoms with Crippen molar-refractivity contribution < 1.29 is 23.5 Å². The molecule has 0 saturated carbocycles. The smallest absolute Gasteiger partial charge is 0.318 e. The third kappa shape index (κ3) is 6.08. The Balaban J connectivity index is 1.90. The lowest BCUT2D eigenvalue weighted by atomic mass is 9.85. The number of fused-ring (bicyclic) bond motifs is 1. The zero-order chi connectivity index (χ0) is 26.8. The maximum Gasteiger partial charge on any atom is 0.318 e. The maximum absolute atomic E-state index is 13.9. The fraction of sp³-hybridized carbons (Fsp3) is 0.654. The van der Waals surface area contributed by atoms with Gasteiger partial charge in [-0.2, -0.15) is 0 Å². The molecule has 2 aliphatic heterocycles. The molecular formula is C26H40FN5O4. The van der Waals surface area contributed by atoms with Crippen molar-refractivity contribution in [3.8, 4) is 5.75 Å². The molecule has 36 heavy (non-hydrogen) atoms. The molecule has 2 fully saturated rings. The molecule has 3 N–H and O–H groups in total. The molecule has 9 nitrogen and oxygen atoms in total. The van der Waals surface area contributed by atoms with E-state index >= 15 is 0 Å². The topological polar surface area (TPSA) is 103 Å². The third-order valence-corrected chi connectivity index (χ3v) is 6.86. The first-order chi connectivity index (χ1) is 16.8. The van der Waals surface area contributed by atoms with Gasteiger partial charge in [-0.15, -0.1) is 0 Å². The number of rotatable bonds is 7. The number of urea groups is 1. The lowest BCUT2D eigenvalue weighted by molar-refractivity contribution is -0.141. The molecule has 0 bridgehead atoms. The zero-order valence-electron chi connectivity index (χ0n) is 22.3. The Labute approximate surface area is 213 Å². The summed E-state index contributed by atoms with van der Waals surface area (Å²) >= 11 is 0. The van der Waals surface area contributed by atoms with Crippen LogP contribution in [-0.2, 0) is 9.59 Å². The van der Waals surface area contributed by atoms with Crippen molar-refractivity contribution in [3.63, 3.8) is 0 Å². The fourth-order valence-electron chi connectivity index (χ4n) is 4.85. The molecule has 5 atom stereocenters. The van der Waals surface area contributed by atoms with E-state index in [2.05, 4.69) is 16.0 Å². The van der Waals surface area contributed by atoms with Crippen molar-refractivity contribution in [2.45, 2.75) is 84.3 Å². The number of carbonyl (C=O) groups is 3. The highest BCUT2D eigenvalue weighted by Gasteiger charge is 2.54. The summed E-state index contributed by atoms with van der Waals surface area (Å²) in [5.41, 5.74) is -0.543. The number of benzene rings is 1. The van der Waals surface area contributed by atoms with Gasteiger partial charge in [0.1, 0.15) is 23.7 Å². The van der Waals surface area contributed by atoms with E-state index in [1.54, 1.807) is 35.9 Å². The Morgan fingerprint density at radius 3 is 2.25 bits per heavy atom. The number of carbonyl (C=O) groups excluding carboxylic acids is 3. The normalized spacial score (nSPS) is 23.3. The Kier molecular flexibility index (Phi) is 8.48. The van der Waals surface area contributed by atoms with Crippen LogP contribution in [0.25, 0.3) is 0 Å². The monoisotopic (exact) mass is 505 g/mol. The van der Waals surface area contributed by atoms with E-state index in [-0.39, 0.29) is 35.7 Å². The van der Waals surface area contributed by atoms with Gasteiger partial charge in [-0.3, -0.25) is 9.59 Å². The van der Waals surface area contributed by atoms with Crippen LogP contribution in [0.5, 0.6) is 5.75 Å². The molecule has 0 radical (unpaired) electrons. The van der Waals surface area contributed by atoms with E-state index in [9.17, 15) is 18.8 Å². The molecule has 4 amide bonds. The molecule has 2 saturated heterocycles. The number of likely N-dealkylation sites (tertiary alicyclic amines) is 2. The summed E-state index contributed by atoms with van der Waals surface area (Å²) in [6.07, 6.45) is 0.0977. The minimum absolute atomic E-state index is 0.0400. The van der Waals surface area contributed by atoms with Crippen molar-refractivity contribution in [1.82, 2.24) is 25.8 Å². The van der Waals surface area contributed by atoms with Crippen molar-refractivity contribution in [1.29, 1.82) is 0 Å². The van der Waals surface area contributed by atoms with Crippen LogP contribution in [0.15, 0.2) is 24.3 Å². The highest BCUT2D eigenvalue weighted by molar-refractivity contribution is 5.90. The van der Waals surface area contributed by atoms with E-state index in [0.717, 1.165) is 0 Å². The molecule has 3 rings (SSSR count). The van der Waals surface area contributed by atoms with Crippen molar-refractivity contribution in [2.24, 2.45) is 5.41 Å². The molecule has 0 spiro atoms. The summed E-state index contributed by atoms with van der Waals surface area (Å²) < 4.78 is 19.7. The number of ether oxygens (including phenoxy) is 1. The van der Waals surface area contributed by atoms with Gasteiger partial charge in [0.25, 0.3) is 0 Å². The molecule has 200 valence electrons. The second kappa shape index (κ2) is 11.0. The highest BCUT2D eigenvalue weighted by Crippen LogP contribution is 2.36. The van der Waals surface area contributed by atoms with Gasteiger partial charge in [0.2, 0.25) is 11.8 Å². The van der Waals surface area contributed by atoms with E-state index in [1.165, 1.54) is 12.1 Å². The highest BCUT2D eigenvalue weighted by atomic mass is 19.1. The summed E-state index contributed by atoms with van der Waals surface area (Å²) in [7, 11) is 1.69. The number of nitrogens with one attached hydrogen (secondary N) is 3. The summed E-state index contributed by atoms with van der Waals surface area (Å²) in [6, 6.07) is 3.63. The first kappa shape index (κ1) is 27.7. The van der Waals surface area contributed by atoms with Gasteiger partial charge in [-0.05, 0) is 63.9 Å². The molecule has 1 aromatic rings. The van der Waals surface area contributed by atoms with Crippen LogP contribution in [0, 0.1) is 11.2 Å². The Morgan fingerprint density at radius 2 is 1.69 bits per heavy atom. The molecular weight excluding hydrogens is 465 g/mol. The molecule has 2 heterocycles. The second-order valence-electron chi connectivity index (χ2n) is 11.1. The number of hydrogen-bond donors (Lipinski definition) is 3. The first-order valence-corrected chi connectivity index (χ1v) is 12.6. The van der Waals surface area contributed by atoms with E-state index in [1.807, 2.05) is 34.6 Å². The SMILES string of the molecule is CN[C@@H](C)C(=O)N[C@H](C(=O)N1CC[C@@H]2[C@H]1[C@@H](Oc1ccc(F)cc1)CN2C(=O)NC(C)C)C(C)(C)C. The van der Waals surface area contributed by atoms with Gasteiger partial charge in [0, 0.05) is 12.6 Å². The number of hydrogen-bond acceptors (Lipinski definition) is 5. The standard InChI is InChI=1S/C26H40FN5O4/c1-15(2)29-25(35)32-14-20(36-18-10-8-17(27)9-11-18)21-19(32)12-13-31(21)24(34)22(26(4,5)6)30-23(33)16(3)28-7/h8-11,15-16,19-22,28H,12-14H2,1-7H3,(H,29,35)(H,30,33)/t16-,19+,20-,21-,22+/m0/s1. The van der Waals surface area contributed by atoms with Gasteiger partial charge in [-0.25, -0.2) is 9.18 Å². The van der Waals surface area contributed by atoms with Gasteiger partial charge >= 0.3 is 6.03 Å². The van der Waals surface area contributed by atoms with Crippen LogP contribution >= 0.6 is 0 Å². The van der Waals surface area contributed by atoms with Gasteiger partial charge in [0.15, 0.2) is 0 Å². The zero-order valence-corrected chi connectivity index (χ0v) is 22.3. The van der Waals surface area contributed by atoms with E-state index < -0.39 is 29.6 Å².